The van der Waals surface area contributed by atoms with E-state index in [2.05, 4.69) is 38.1 Å². The van der Waals surface area contributed by atoms with Gasteiger partial charge in [0, 0.05) is 34.9 Å². The number of aromatic nitrogens is 2. The number of hydrogen-bond acceptors (Lipinski definition) is 2. The van der Waals surface area contributed by atoms with Crippen LogP contribution in [-0.2, 0) is 6.42 Å². The number of rotatable bonds is 6. The van der Waals surface area contributed by atoms with Gasteiger partial charge in [-0.15, -0.1) is 0 Å². The molecule has 1 unspecified atom stereocenters. The molecule has 0 aliphatic rings. The summed E-state index contributed by atoms with van der Waals surface area (Å²) in [6.07, 6.45) is 5.15. The Morgan fingerprint density at radius 2 is 2.32 bits per heavy atom. The van der Waals surface area contributed by atoms with E-state index in [4.69, 9.17) is 0 Å². The lowest BCUT2D eigenvalue weighted by Gasteiger charge is -2.18. The molecule has 0 saturated heterocycles. The van der Waals surface area contributed by atoms with Gasteiger partial charge in [-0.05, 0) is 25.1 Å². The van der Waals surface area contributed by atoms with Crippen LogP contribution in [0.4, 0.5) is 4.39 Å². The lowest BCUT2D eigenvalue weighted by molar-refractivity contribution is 0.490. The van der Waals surface area contributed by atoms with Crippen molar-refractivity contribution < 1.29 is 4.39 Å². The molecule has 2 rings (SSSR count). The zero-order chi connectivity index (χ0) is 13.7. The van der Waals surface area contributed by atoms with Crippen molar-refractivity contribution in [3.8, 4) is 0 Å². The molecule has 0 aliphatic heterocycles. The molecular formula is C14H17BrFN3. The second-order valence-corrected chi connectivity index (χ2v) is 5.33. The van der Waals surface area contributed by atoms with E-state index in [0.29, 0.717) is 12.0 Å². The van der Waals surface area contributed by atoms with Crippen LogP contribution >= 0.6 is 15.9 Å². The lowest BCUT2D eigenvalue weighted by Crippen LogP contribution is -2.25. The van der Waals surface area contributed by atoms with Crippen LogP contribution < -0.4 is 5.32 Å². The fourth-order valence-electron chi connectivity index (χ4n) is 2.00. The molecule has 1 aromatic heterocycles. The van der Waals surface area contributed by atoms with Crippen molar-refractivity contribution in [3.05, 3.63) is 52.3 Å². The molecule has 0 saturated carbocycles. The molecule has 1 aromatic carbocycles. The van der Waals surface area contributed by atoms with Crippen molar-refractivity contribution in [1.82, 2.24) is 15.3 Å². The first kappa shape index (κ1) is 14.2. The Balaban J connectivity index is 2.20. The van der Waals surface area contributed by atoms with E-state index < -0.39 is 0 Å². The van der Waals surface area contributed by atoms with Crippen LogP contribution in [0.25, 0.3) is 0 Å². The SMILES string of the molecule is CCCNC(Cc1ncc[nH]1)c1ccc(Br)cc1F. The van der Waals surface area contributed by atoms with Crippen molar-refractivity contribution in [2.45, 2.75) is 25.8 Å². The summed E-state index contributed by atoms with van der Waals surface area (Å²) in [6.45, 7) is 2.94. The monoisotopic (exact) mass is 325 g/mol. The highest BCUT2D eigenvalue weighted by atomic mass is 79.9. The number of imidazole rings is 1. The van der Waals surface area contributed by atoms with Gasteiger partial charge in [-0.25, -0.2) is 9.37 Å². The predicted molar refractivity (Wildman–Crippen MR) is 77.4 cm³/mol. The maximum absolute atomic E-state index is 14.1. The minimum Gasteiger partial charge on any atom is -0.349 e. The topological polar surface area (TPSA) is 40.7 Å². The molecule has 0 fully saturated rings. The van der Waals surface area contributed by atoms with Crippen LogP contribution in [0.3, 0.4) is 0 Å². The summed E-state index contributed by atoms with van der Waals surface area (Å²) in [7, 11) is 0. The van der Waals surface area contributed by atoms with E-state index in [0.717, 1.165) is 23.3 Å². The summed E-state index contributed by atoms with van der Waals surface area (Å²) in [5, 5.41) is 3.37. The van der Waals surface area contributed by atoms with Crippen molar-refractivity contribution in [2.75, 3.05) is 6.54 Å². The van der Waals surface area contributed by atoms with Gasteiger partial charge in [0.15, 0.2) is 0 Å². The van der Waals surface area contributed by atoms with Gasteiger partial charge < -0.3 is 10.3 Å². The molecule has 102 valence electrons. The molecule has 2 aromatic rings. The number of halogens is 2. The molecular weight excluding hydrogens is 309 g/mol. The van der Waals surface area contributed by atoms with Gasteiger partial charge in [-0.2, -0.15) is 0 Å². The molecule has 19 heavy (non-hydrogen) atoms. The van der Waals surface area contributed by atoms with Crippen LogP contribution in [0.2, 0.25) is 0 Å². The highest BCUT2D eigenvalue weighted by Gasteiger charge is 2.17. The minimum atomic E-state index is -0.200. The van der Waals surface area contributed by atoms with Crippen LogP contribution in [0.1, 0.15) is 30.8 Å². The zero-order valence-corrected chi connectivity index (χ0v) is 12.4. The lowest BCUT2D eigenvalue weighted by atomic mass is 10.0. The number of nitrogens with one attached hydrogen (secondary N) is 2. The number of nitrogens with zero attached hydrogens (tertiary/aromatic N) is 1. The summed E-state index contributed by atoms with van der Waals surface area (Å²) >= 11 is 3.28. The van der Waals surface area contributed by atoms with E-state index >= 15 is 0 Å². The first-order valence-electron chi connectivity index (χ1n) is 6.37. The molecule has 0 aliphatic carbocycles. The van der Waals surface area contributed by atoms with Gasteiger partial charge in [0.1, 0.15) is 11.6 Å². The van der Waals surface area contributed by atoms with Gasteiger partial charge in [0.25, 0.3) is 0 Å². The quantitative estimate of drug-likeness (QED) is 0.852. The third-order valence-electron chi connectivity index (χ3n) is 2.93. The van der Waals surface area contributed by atoms with Gasteiger partial charge in [-0.3, -0.25) is 0 Å². The number of H-pyrrole nitrogens is 1. The van der Waals surface area contributed by atoms with Gasteiger partial charge >= 0.3 is 0 Å². The van der Waals surface area contributed by atoms with E-state index in [9.17, 15) is 4.39 Å². The third-order valence-corrected chi connectivity index (χ3v) is 3.42. The summed E-state index contributed by atoms with van der Waals surface area (Å²) in [5.74, 6) is 0.658. The molecule has 0 bridgehead atoms. The molecule has 3 nitrogen and oxygen atoms in total. The van der Waals surface area contributed by atoms with Gasteiger partial charge in [0.2, 0.25) is 0 Å². The average Bonchev–Trinajstić information content (AvgIpc) is 2.88. The third kappa shape index (κ3) is 3.88. The second-order valence-electron chi connectivity index (χ2n) is 4.41. The molecule has 1 heterocycles. The van der Waals surface area contributed by atoms with Crippen LogP contribution in [0.5, 0.6) is 0 Å². The van der Waals surface area contributed by atoms with E-state index in [1.165, 1.54) is 6.07 Å². The minimum absolute atomic E-state index is 0.0702. The Kier molecular flexibility index (Phi) is 5.10. The summed E-state index contributed by atoms with van der Waals surface area (Å²) in [4.78, 5) is 7.27. The van der Waals surface area contributed by atoms with Crippen LogP contribution in [0, 0.1) is 5.82 Å². The second kappa shape index (κ2) is 6.82. The normalized spacial score (nSPS) is 12.6. The van der Waals surface area contributed by atoms with E-state index in [-0.39, 0.29) is 11.9 Å². The highest BCUT2D eigenvalue weighted by molar-refractivity contribution is 9.10. The van der Waals surface area contributed by atoms with E-state index in [1.54, 1.807) is 12.4 Å². The molecule has 0 amide bonds. The highest BCUT2D eigenvalue weighted by Crippen LogP contribution is 2.23. The number of hydrogen-bond donors (Lipinski definition) is 2. The Bertz CT molecular complexity index is 513. The molecule has 1 atom stereocenters. The van der Waals surface area contributed by atoms with E-state index in [1.807, 2.05) is 12.1 Å². The Morgan fingerprint density at radius 1 is 1.47 bits per heavy atom. The largest absolute Gasteiger partial charge is 0.349 e. The van der Waals surface area contributed by atoms with Gasteiger partial charge in [0.05, 0.1) is 0 Å². The summed E-state index contributed by atoms with van der Waals surface area (Å²) < 4.78 is 14.8. The summed E-state index contributed by atoms with van der Waals surface area (Å²) in [5.41, 5.74) is 0.674. The Morgan fingerprint density at radius 3 is 2.95 bits per heavy atom. The smallest absolute Gasteiger partial charge is 0.129 e. The zero-order valence-electron chi connectivity index (χ0n) is 10.8. The maximum atomic E-state index is 14.1. The van der Waals surface area contributed by atoms with Crippen molar-refractivity contribution in [3.63, 3.8) is 0 Å². The fourth-order valence-corrected chi connectivity index (χ4v) is 2.33. The fraction of sp³-hybridized carbons (Fsp3) is 0.357. The van der Waals surface area contributed by atoms with Crippen LogP contribution in [-0.4, -0.2) is 16.5 Å². The first-order chi connectivity index (χ1) is 9.20. The first-order valence-corrected chi connectivity index (χ1v) is 7.16. The van der Waals surface area contributed by atoms with Crippen molar-refractivity contribution >= 4 is 15.9 Å². The molecule has 5 heteroatoms. The average molecular weight is 326 g/mol. The van der Waals surface area contributed by atoms with Crippen LogP contribution in [0.15, 0.2) is 35.1 Å². The number of benzene rings is 1. The predicted octanol–water partition coefficient (Wildman–Crippen LogP) is 3.59. The molecule has 2 N–H and O–H groups in total. The molecule has 0 radical (unpaired) electrons. The Hall–Kier alpha value is -1.20. The summed E-state index contributed by atoms with van der Waals surface area (Å²) in [6, 6.07) is 5.11. The Labute approximate surface area is 120 Å². The van der Waals surface area contributed by atoms with Crippen molar-refractivity contribution in [1.29, 1.82) is 0 Å². The number of aromatic amines is 1. The maximum Gasteiger partial charge on any atom is 0.129 e. The standard InChI is InChI=1S/C14H17BrFN3/c1-2-5-17-13(9-14-18-6-7-19-14)11-4-3-10(15)8-12(11)16/h3-4,6-8,13,17H,2,5,9H2,1H3,(H,18,19). The molecule has 0 spiro atoms. The van der Waals surface area contributed by atoms with Gasteiger partial charge in [-0.1, -0.05) is 28.9 Å². The van der Waals surface area contributed by atoms with Crippen molar-refractivity contribution in [2.24, 2.45) is 0 Å².